The molecule has 1 aromatic carbocycles. The summed E-state index contributed by atoms with van der Waals surface area (Å²) in [4.78, 5) is 9.60. The quantitative estimate of drug-likeness (QED) is 0.647. The number of phenols is 1. The van der Waals surface area contributed by atoms with Crippen molar-refractivity contribution in [3.63, 3.8) is 0 Å². The van der Waals surface area contributed by atoms with Crippen molar-refractivity contribution in [2.45, 2.75) is 13.5 Å². The molecule has 0 unspecified atom stereocenters. The number of carboxylic acid groups (broad SMARTS) is 1. The first-order valence-electron chi connectivity index (χ1n) is 4.25. The third kappa shape index (κ3) is 5.49. The summed E-state index contributed by atoms with van der Waals surface area (Å²) in [6.07, 6.45) is 0. The van der Waals surface area contributed by atoms with Crippen molar-refractivity contribution >= 4 is 5.97 Å². The summed E-state index contributed by atoms with van der Waals surface area (Å²) in [6.45, 7) is 4.50. The Morgan fingerprint density at radius 1 is 1.40 bits per heavy atom. The number of hydrogen-bond acceptors (Lipinski definition) is 3. The van der Waals surface area contributed by atoms with Gasteiger partial charge in [-0.2, -0.15) is 0 Å². The summed E-state index contributed by atoms with van der Waals surface area (Å²) in [5.41, 5.74) is 0.743. The number of carbonyl (C=O) groups is 1. The zero-order valence-electron chi connectivity index (χ0n) is 8.47. The average molecular weight is 210 g/mol. The lowest BCUT2D eigenvalue weighted by molar-refractivity contribution is -0.132. The van der Waals surface area contributed by atoms with Gasteiger partial charge in [-0.15, -0.1) is 0 Å². The summed E-state index contributed by atoms with van der Waals surface area (Å²) < 4.78 is 0. The van der Waals surface area contributed by atoms with E-state index in [9.17, 15) is 4.79 Å². The van der Waals surface area contributed by atoms with Crippen LogP contribution in [0.25, 0.3) is 0 Å². The molecule has 0 amide bonds. The summed E-state index contributed by atoms with van der Waals surface area (Å²) in [5.74, 6) is -0.782. The van der Waals surface area contributed by atoms with Crippen molar-refractivity contribution in [3.05, 3.63) is 42.0 Å². The predicted molar refractivity (Wildman–Crippen MR) is 56.5 cm³/mol. The highest BCUT2D eigenvalue weighted by Gasteiger charge is 1.93. The number of rotatable bonds is 2. The molecule has 0 radical (unpaired) electrons. The number of para-hydroxylation sites is 1. The van der Waals surface area contributed by atoms with Crippen LogP contribution in [0.2, 0.25) is 0 Å². The van der Waals surface area contributed by atoms with Crippen LogP contribution in [0.3, 0.4) is 0 Å². The van der Waals surface area contributed by atoms with Gasteiger partial charge in [0.2, 0.25) is 0 Å². The van der Waals surface area contributed by atoms with E-state index < -0.39 is 5.97 Å². The van der Waals surface area contributed by atoms with Crippen LogP contribution >= 0.6 is 0 Å². The zero-order chi connectivity index (χ0) is 11.8. The van der Waals surface area contributed by atoms with Crippen LogP contribution < -0.4 is 0 Å². The van der Waals surface area contributed by atoms with Crippen molar-refractivity contribution in [2.24, 2.45) is 0 Å². The van der Waals surface area contributed by atoms with Crippen LogP contribution in [-0.2, 0) is 11.4 Å². The van der Waals surface area contributed by atoms with Crippen molar-refractivity contribution in [1.82, 2.24) is 0 Å². The molecule has 0 aliphatic heterocycles. The molecule has 1 rings (SSSR count). The number of benzene rings is 1. The fraction of sp³-hybridized carbons (Fsp3) is 0.182. The molecule has 1 aromatic rings. The van der Waals surface area contributed by atoms with Crippen LogP contribution in [0.15, 0.2) is 36.4 Å². The molecule has 3 N–H and O–H groups in total. The van der Waals surface area contributed by atoms with Gasteiger partial charge in [0.05, 0.1) is 6.61 Å². The second-order valence-electron chi connectivity index (χ2n) is 2.87. The van der Waals surface area contributed by atoms with Crippen LogP contribution in [0.5, 0.6) is 5.75 Å². The van der Waals surface area contributed by atoms with Gasteiger partial charge in [0.15, 0.2) is 0 Å². The number of aromatic hydroxyl groups is 1. The van der Waals surface area contributed by atoms with Crippen LogP contribution in [0, 0.1) is 0 Å². The van der Waals surface area contributed by atoms with E-state index in [1.807, 2.05) is 0 Å². The van der Waals surface area contributed by atoms with E-state index in [1.165, 1.54) is 6.92 Å². The summed E-state index contributed by atoms with van der Waals surface area (Å²) in [6, 6.07) is 6.71. The van der Waals surface area contributed by atoms with E-state index in [1.54, 1.807) is 24.3 Å². The normalized spacial score (nSPS) is 8.67. The molecule has 0 saturated carbocycles. The second kappa shape index (κ2) is 6.62. The second-order valence-corrected chi connectivity index (χ2v) is 2.87. The van der Waals surface area contributed by atoms with Gasteiger partial charge in [0.1, 0.15) is 5.75 Å². The van der Waals surface area contributed by atoms with Crippen molar-refractivity contribution in [2.75, 3.05) is 0 Å². The molecule has 4 heteroatoms. The number of carboxylic acids is 1. The minimum Gasteiger partial charge on any atom is -0.508 e. The number of aliphatic hydroxyl groups is 1. The molecule has 0 aliphatic rings. The molecule has 0 bridgehead atoms. The number of aliphatic carboxylic acids is 1. The van der Waals surface area contributed by atoms with Crippen molar-refractivity contribution < 1.29 is 20.1 Å². The molecule has 0 heterocycles. The van der Waals surface area contributed by atoms with E-state index in [-0.39, 0.29) is 17.9 Å². The van der Waals surface area contributed by atoms with Gasteiger partial charge in [-0.1, -0.05) is 24.8 Å². The Hall–Kier alpha value is -1.81. The SMILES string of the molecule is C=C(C)C(=O)O.OCc1ccccc1O. The lowest BCUT2D eigenvalue weighted by Gasteiger charge is -1.96. The average Bonchev–Trinajstić information content (AvgIpc) is 2.19. The highest BCUT2D eigenvalue weighted by atomic mass is 16.4. The molecule has 0 aliphatic carbocycles. The summed E-state index contributed by atoms with van der Waals surface area (Å²) >= 11 is 0. The molecule has 0 atom stereocenters. The van der Waals surface area contributed by atoms with Crippen molar-refractivity contribution in [3.8, 4) is 5.75 Å². The Bertz CT molecular complexity index is 332. The van der Waals surface area contributed by atoms with Gasteiger partial charge in [-0.3, -0.25) is 0 Å². The van der Waals surface area contributed by atoms with Crippen LogP contribution in [-0.4, -0.2) is 21.3 Å². The smallest absolute Gasteiger partial charge is 0.330 e. The minimum atomic E-state index is -0.935. The van der Waals surface area contributed by atoms with Gasteiger partial charge in [0.25, 0.3) is 0 Å². The van der Waals surface area contributed by atoms with E-state index >= 15 is 0 Å². The van der Waals surface area contributed by atoms with Gasteiger partial charge < -0.3 is 15.3 Å². The van der Waals surface area contributed by atoms with E-state index in [0.717, 1.165) is 0 Å². The maximum Gasteiger partial charge on any atom is 0.330 e. The lowest BCUT2D eigenvalue weighted by atomic mass is 10.2. The van der Waals surface area contributed by atoms with Crippen LogP contribution in [0.1, 0.15) is 12.5 Å². The summed E-state index contributed by atoms with van der Waals surface area (Å²) in [7, 11) is 0. The van der Waals surface area contributed by atoms with Crippen LogP contribution in [0.4, 0.5) is 0 Å². The Balaban J connectivity index is 0.000000288. The topological polar surface area (TPSA) is 77.8 Å². The first-order valence-corrected chi connectivity index (χ1v) is 4.25. The Morgan fingerprint density at radius 2 is 1.87 bits per heavy atom. The lowest BCUT2D eigenvalue weighted by Crippen LogP contribution is -1.92. The Labute approximate surface area is 88.1 Å². The third-order valence-corrected chi connectivity index (χ3v) is 1.53. The third-order valence-electron chi connectivity index (χ3n) is 1.53. The van der Waals surface area contributed by atoms with Gasteiger partial charge in [0, 0.05) is 11.1 Å². The molecule has 4 nitrogen and oxygen atoms in total. The zero-order valence-corrected chi connectivity index (χ0v) is 8.47. The molecule has 82 valence electrons. The molecule has 15 heavy (non-hydrogen) atoms. The monoisotopic (exact) mass is 210 g/mol. The highest BCUT2D eigenvalue weighted by molar-refractivity contribution is 5.84. The van der Waals surface area contributed by atoms with E-state index in [2.05, 4.69) is 6.58 Å². The molecular weight excluding hydrogens is 196 g/mol. The number of hydrogen-bond donors (Lipinski definition) is 3. The molecule has 0 aromatic heterocycles. The maximum atomic E-state index is 9.60. The molecule has 0 spiro atoms. The molecular formula is C11H14O4. The summed E-state index contributed by atoms with van der Waals surface area (Å²) in [5, 5.41) is 25.4. The predicted octanol–water partition coefficient (Wildman–Crippen LogP) is 1.53. The molecule has 0 saturated heterocycles. The first-order chi connectivity index (χ1) is 6.99. The fourth-order valence-corrected chi connectivity index (χ4v) is 0.645. The van der Waals surface area contributed by atoms with Crippen molar-refractivity contribution in [1.29, 1.82) is 0 Å². The van der Waals surface area contributed by atoms with E-state index in [0.29, 0.717) is 5.56 Å². The Morgan fingerprint density at radius 3 is 2.13 bits per heavy atom. The van der Waals surface area contributed by atoms with Gasteiger partial charge in [-0.25, -0.2) is 4.79 Å². The number of aliphatic hydroxyl groups excluding tert-OH is 1. The highest BCUT2D eigenvalue weighted by Crippen LogP contribution is 2.14. The standard InChI is InChI=1S/C7H8O2.C4H6O2/c8-5-6-3-1-2-4-7(6)9;1-3(2)4(5)6/h1-4,8-9H,5H2;1H2,2H3,(H,5,6). The first kappa shape index (κ1) is 13.2. The minimum absolute atomic E-state index is 0.104. The van der Waals surface area contributed by atoms with Gasteiger partial charge >= 0.3 is 5.97 Å². The molecule has 0 fully saturated rings. The maximum absolute atomic E-state index is 9.60. The Kier molecular flexibility index (Phi) is 5.82. The van der Waals surface area contributed by atoms with Gasteiger partial charge in [-0.05, 0) is 13.0 Å². The largest absolute Gasteiger partial charge is 0.508 e. The van der Waals surface area contributed by atoms with E-state index in [4.69, 9.17) is 15.3 Å². The fourth-order valence-electron chi connectivity index (χ4n) is 0.645.